The van der Waals surface area contributed by atoms with Crippen molar-refractivity contribution < 1.29 is 9.59 Å². The number of carbonyl (C=O) groups excluding carboxylic acids is 2. The minimum atomic E-state index is -0.0692. The lowest BCUT2D eigenvalue weighted by molar-refractivity contribution is -0.132. The molecule has 0 aliphatic carbocycles. The molecule has 7 nitrogen and oxygen atoms in total. The topological polar surface area (TPSA) is 69.6 Å². The van der Waals surface area contributed by atoms with E-state index in [1.165, 1.54) is 16.9 Å². The normalized spacial score (nSPS) is 14.7. The van der Waals surface area contributed by atoms with E-state index >= 15 is 0 Å². The van der Waals surface area contributed by atoms with E-state index < -0.39 is 0 Å². The quantitative estimate of drug-likeness (QED) is 0.512. The Morgan fingerprint density at radius 2 is 1.76 bits per heavy atom. The number of rotatable bonds is 7. The van der Waals surface area contributed by atoms with Crippen LogP contribution in [0, 0.1) is 6.92 Å². The van der Waals surface area contributed by atoms with Gasteiger partial charge in [0.05, 0.1) is 10.6 Å². The molecule has 0 bridgehead atoms. The minimum Gasteiger partial charge on any atom is -0.352 e. The molecule has 2 aromatic heterocycles. The number of hydrogen-bond donors (Lipinski definition) is 0. The lowest BCUT2D eigenvalue weighted by Gasteiger charge is -2.37. The molecule has 3 heterocycles. The Labute approximate surface area is 205 Å². The molecule has 4 rings (SSSR count). The summed E-state index contributed by atoms with van der Waals surface area (Å²) in [6.45, 7) is 8.77. The average Bonchev–Trinajstić information content (AvgIpc) is 3.42. The molecule has 8 heteroatoms. The monoisotopic (exact) mass is 477 g/mol. The second-order valence-electron chi connectivity index (χ2n) is 8.68. The van der Waals surface area contributed by atoms with Gasteiger partial charge in [0.1, 0.15) is 6.54 Å². The predicted octanol–water partition coefficient (Wildman–Crippen LogP) is 4.10. The van der Waals surface area contributed by atoms with Crippen LogP contribution in [0.5, 0.6) is 0 Å². The number of nitrogens with zero attached hydrogens (tertiary/aromatic N) is 5. The van der Waals surface area contributed by atoms with E-state index in [0.717, 1.165) is 23.5 Å². The average molecular weight is 478 g/mol. The van der Waals surface area contributed by atoms with Gasteiger partial charge in [-0.05, 0) is 43.8 Å². The summed E-state index contributed by atoms with van der Waals surface area (Å²) in [5.74, 6) is 0.739. The molecule has 3 aromatic rings. The second-order valence-corrected chi connectivity index (χ2v) is 9.63. The van der Waals surface area contributed by atoms with E-state index in [-0.39, 0.29) is 24.4 Å². The molecule has 1 saturated heterocycles. The smallest absolute Gasteiger partial charge is 0.264 e. The third-order valence-electron chi connectivity index (χ3n) is 6.38. The molecule has 0 N–H and O–H groups in total. The van der Waals surface area contributed by atoms with Crippen molar-refractivity contribution in [3.05, 3.63) is 64.4 Å². The number of aromatic nitrogens is 2. The third kappa shape index (κ3) is 5.44. The SMILES string of the molecule is CCC(C)N(CC(=O)N1CCN(c2ccc(-c3ccc(C)cc3)nn2)CC1)C(=O)c1cccs1. The number of amides is 2. The summed E-state index contributed by atoms with van der Waals surface area (Å²) in [6.07, 6.45) is 0.801. The predicted molar refractivity (Wildman–Crippen MR) is 136 cm³/mol. The Balaban J connectivity index is 1.34. The molecule has 0 radical (unpaired) electrons. The highest BCUT2D eigenvalue weighted by Gasteiger charge is 2.28. The van der Waals surface area contributed by atoms with Gasteiger partial charge in [0.2, 0.25) is 5.91 Å². The molecule has 1 aliphatic rings. The fraction of sp³-hybridized carbons (Fsp3) is 0.385. The maximum absolute atomic E-state index is 13.1. The van der Waals surface area contributed by atoms with Crippen molar-refractivity contribution in [2.75, 3.05) is 37.6 Å². The fourth-order valence-electron chi connectivity index (χ4n) is 3.99. The Morgan fingerprint density at radius 1 is 1.03 bits per heavy atom. The first-order chi connectivity index (χ1) is 16.5. The van der Waals surface area contributed by atoms with Gasteiger partial charge < -0.3 is 14.7 Å². The maximum Gasteiger partial charge on any atom is 0.264 e. The highest BCUT2D eigenvalue weighted by Crippen LogP contribution is 2.20. The number of anilines is 1. The summed E-state index contributed by atoms with van der Waals surface area (Å²) in [5, 5.41) is 10.7. The van der Waals surface area contributed by atoms with Crippen LogP contribution in [0.1, 0.15) is 35.5 Å². The van der Waals surface area contributed by atoms with Crippen molar-refractivity contribution in [3.8, 4) is 11.3 Å². The zero-order chi connectivity index (χ0) is 24.1. The molecule has 1 atom stereocenters. The summed E-state index contributed by atoms with van der Waals surface area (Å²) < 4.78 is 0. The number of piperazine rings is 1. The molecule has 0 saturated carbocycles. The minimum absolute atomic E-state index is 0.00200. The first kappa shape index (κ1) is 23.9. The Morgan fingerprint density at radius 3 is 2.35 bits per heavy atom. The van der Waals surface area contributed by atoms with Crippen molar-refractivity contribution in [2.45, 2.75) is 33.2 Å². The lowest BCUT2D eigenvalue weighted by Crippen LogP contribution is -2.53. The van der Waals surface area contributed by atoms with Gasteiger partial charge in [0.15, 0.2) is 5.82 Å². The Kier molecular flexibility index (Phi) is 7.57. The lowest BCUT2D eigenvalue weighted by atomic mass is 10.1. The van der Waals surface area contributed by atoms with Crippen molar-refractivity contribution in [1.82, 2.24) is 20.0 Å². The number of benzene rings is 1. The van der Waals surface area contributed by atoms with E-state index in [4.69, 9.17) is 0 Å². The molecular weight excluding hydrogens is 446 g/mol. The van der Waals surface area contributed by atoms with Crippen molar-refractivity contribution in [1.29, 1.82) is 0 Å². The van der Waals surface area contributed by atoms with Crippen LogP contribution in [-0.2, 0) is 4.79 Å². The third-order valence-corrected chi connectivity index (χ3v) is 7.23. The van der Waals surface area contributed by atoms with Crippen LogP contribution >= 0.6 is 11.3 Å². The van der Waals surface area contributed by atoms with Crippen LogP contribution in [-0.4, -0.2) is 70.6 Å². The van der Waals surface area contributed by atoms with Crippen LogP contribution in [0.15, 0.2) is 53.9 Å². The van der Waals surface area contributed by atoms with Crippen LogP contribution in [0.25, 0.3) is 11.3 Å². The van der Waals surface area contributed by atoms with E-state index in [9.17, 15) is 9.59 Å². The van der Waals surface area contributed by atoms with Gasteiger partial charge in [0.25, 0.3) is 5.91 Å². The number of aryl methyl sites for hydroxylation is 1. The second kappa shape index (κ2) is 10.8. The molecule has 178 valence electrons. The fourth-order valence-corrected chi connectivity index (χ4v) is 4.67. The Hall–Kier alpha value is -3.26. The van der Waals surface area contributed by atoms with E-state index in [1.54, 1.807) is 4.90 Å². The molecule has 1 unspecified atom stereocenters. The van der Waals surface area contributed by atoms with Gasteiger partial charge >= 0.3 is 0 Å². The van der Waals surface area contributed by atoms with Gasteiger partial charge in [-0.2, -0.15) is 0 Å². The van der Waals surface area contributed by atoms with Crippen LogP contribution in [0.4, 0.5) is 5.82 Å². The molecule has 34 heavy (non-hydrogen) atoms. The van der Waals surface area contributed by atoms with E-state index in [0.29, 0.717) is 31.1 Å². The molecule has 2 amide bonds. The largest absolute Gasteiger partial charge is 0.352 e. The summed E-state index contributed by atoms with van der Waals surface area (Å²) in [5.41, 5.74) is 3.10. The van der Waals surface area contributed by atoms with Crippen LogP contribution < -0.4 is 4.90 Å². The van der Waals surface area contributed by atoms with Gasteiger partial charge in [0, 0.05) is 37.8 Å². The van der Waals surface area contributed by atoms with Crippen LogP contribution in [0.2, 0.25) is 0 Å². The van der Waals surface area contributed by atoms with Gasteiger partial charge in [-0.3, -0.25) is 9.59 Å². The zero-order valence-electron chi connectivity index (χ0n) is 20.0. The van der Waals surface area contributed by atoms with E-state index in [1.807, 2.05) is 48.4 Å². The molecule has 0 spiro atoms. The van der Waals surface area contributed by atoms with Gasteiger partial charge in [-0.1, -0.05) is 42.8 Å². The molecular formula is C26H31N5O2S. The van der Waals surface area contributed by atoms with E-state index in [2.05, 4.69) is 46.3 Å². The summed E-state index contributed by atoms with van der Waals surface area (Å²) in [7, 11) is 0. The highest BCUT2D eigenvalue weighted by atomic mass is 32.1. The van der Waals surface area contributed by atoms with Crippen molar-refractivity contribution in [2.24, 2.45) is 0 Å². The van der Waals surface area contributed by atoms with Crippen molar-refractivity contribution >= 4 is 29.0 Å². The number of hydrogen-bond acceptors (Lipinski definition) is 6. The first-order valence-corrected chi connectivity index (χ1v) is 12.6. The molecule has 1 fully saturated rings. The maximum atomic E-state index is 13.1. The van der Waals surface area contributed by atoms with Crippen LogP contribution in [0.3, 0.4) is 0 Å². The van der Waals surface area contributed by atoms with Gasteiger partial charge in [-0.25, -0.2) is 0 Å². The zero-order valence-corrected chi connectivity index (χ0v) is 20.8. The molecule has 1 aromatic carbocycles. The first-order valence-electron chi connectivity index (χ1n) is 11.7. The Bertz CT molecular complexity index is 1090. The molecule has 1 aliphatic heterocycles. The highest BCUT2D eigenvalue weighted by molar-refractivity contribution is 7.12. The summed E-state index contributed by atoms with van der Waals surface area (Å²) >= 11 is 1.41. The number of thiophene rings is 1. The van der Waals surface area contributed by atoms with Crippen molar-refractivity contribution in [3.63, 3.8) is 0 Å². The number of carbonyl (C=O) groups is 2. The standard InChI is InChI=1S/C26H31N5O2S/c1-4-20(3)31(26(33)23-6-5-17-34-23)18-25(32)30-15-13-29(14-16-30)24-12-11-22(27-28-24)21-9-7-19(2)8-10-21/h5-12,17,20H,4,13-16,18H2,1-3H3. The summed E-state index contributed by atoms with van der Waals surface area (Å²) in [6, 6.07) is 15.9. The summed E-state index contributed by atoms with van der Waals surface area (Å²) in [4.78, 5) is 32.4. The van der Waals surface area contributed by atoms with Gasteiger partial charge in [-0.15, -0.1) is 21.5 Å².